The molecule has 1 aromatic heterocycles. The average Bonchev–Trinajstić information content (AvgIpc) is 3.36. The molecule has 6 rings (SSSR count). The van der Waals surface area contributed by atoms with Gasteiger partial charge < -0.3 is 28.8 Å². The molecular weight excluding hydrogens is 464 g/mol. The van der Waals surface area contributed by atoms with Crippen LogP contribution in [0.15, 0.2) is 23.0 Å². The highest BCUT2D eigenvalue weighted by Gasteiger charge is 2.89. The number of esters is 2. The molecule has 0 amide bonds. The van der Waals surface area contributed by atoms with Gasteiger partial charge in [0, 0.05) is 35.2 Å². The topological polar surface area (TPSA) is 119 Å². The zero-order chi connectivity index (χ0) is 26.1. The van der Waals surface area contributed by atoms with E-state index in [2.05, 4.69) is 34.6 Å². The molecular formula is C28H38O8. The van der Waals surface area contributed by atoms with Gasteiger partial charge in [-0.25, -0.2) is 4.79 Å². The summed E-state index contributed by atoms with van der Waals surface area (Å²) >= 11 is 0. The number of aliphatic hydroxyl groups excluding tert-OH is 2. The quantitative estimate of drug-likeness (QED) is 0.466. The Kier molecular flexibility index (Phi) is 4.85. The number of rotatable bonds is 2. The van der Waals surface area contributed by atoms with E-state index >= 15 is 0 Å². The second-order valence-corrected chi connectivity index (χ2v) is 13.2. The summed E-state index contributed by atoms with van der Waals surface area (Å²) in [5.41, 5.74) is -2.53. The van der Waals surface area contributed by atoms with Crippen LogP contribution in [0.5, 0.6) is 0 Å². The Labute approximate surface area is 211 Å². The second-order valence-electron chi connectivity index (χ2n) is 13.2. The molecule has 36 heavy (non-hydrogen) atoms. The van der Waals surface area contributed by atoms with E-state index in [1.807, 2.05) is 6.07 Å². The fourth-order valence-electron chi connectivity index (χ4n) is 9.83. The third-order valence-electron chi connectivity index (χ3n) is 11.7. The molecule has 11 atom stereocenters. The maximum absolute atomic E-state index is 13.3. The predicted octanol–water partition coefficient (Wildman–Crippen LogP) is 3.55. The Hall–Kier alpha value is -1.90. The summed E-state index contributed by atoms with van der Waals surface area (Å²) in [5, 5.41) is 22.6. The van der Waals surface area contributed by atoms with Gasteiger partial charge in [0.15, 0.2) is 6.10 Å². The van der Waals surface area contributed by atoms with Crippen molar-refractivity contribution in [2.75, 3.05) is 0 Å². The first-order chi connectivity index (χ1) is 16.8. The van der Waals surface area contributed by atoms with Crippen LogP contribution in [-0.2, 0) is 23.8 Å². The van der Waals surface area contributed by atoms with Crippen LogP contribution in [0, 0.1) is 33.5 Å². The van der Waals surface area contributed by atoms with E-state index in [1.54, 1.807) is 12.5 Å². The van der Waals surface area contributed by atoms with Gasteiger partial charge in [-0.05, 0) is 42.6 Å². The number of epoxide rings is 1. The summed E-state index contributed by atoms with van der Waals surface area (Å²) in [5.74, 6) is -0.994. The van der Waals surface area contributed by atoms with Crippen LogP contribution >= 0.6 is 0 Å². The first-order valence-electron chi connectivity index (χ1n) is 13.2. The zero-order valence-electron chi connectivity index (χ0n) is 21.9. The Balaban J connectivity index is 1.55. The lowest BCUT2D eigenvalue weighted by Crippen LogP contribution is -2.75. The molecule has 3 aliphatic carbocycles. The van der Waals surface area contributed by atoms with Crippen molar-refractivity contribution in [3.8, 4) is 0 Å². The summed E-state index contributed by atoms with van der Waals surface area (Å²) < 4.78 is 24.0. The van der Waals surface area contributed by atoms with Crippen molar-refractivity contribution in [3.63, 3.8) is 0 Å². The van der Waals surface area contributed by atoms with Gasteiger partial charge in [0.05, 0.1) is 24.7 Å². The van der Waals surface area contributed by atoms with Gasteiger partial charge in [-0.1, -0.05) is 34.6 Å². The van der Waals surface area contributed by atoms with Crippen LogP contribution < -0.4 is 0 Å². The zero-order valence-corrected chi connectivity index (χ0v) is 21.9. The van der Waals surface area contributed by atoms with Gasteiger partial charge in [0.25, 0.3) is 0 Å². The summed E-state index contributed by atoms with van der Waals surface area (Å²) in [6.07, 6.45) is 2.15. The Bertz CT molecular complexity index is 1100. The highest BCUT2D eigenvalue weighted by Crippen LogP contribution is 2.80. The van der Waals surface area contributed by atoms with E-state index in [4.69, 9.17) is 18.6 Å². The van der Waals surface area contributed by atoms with Gasteiger partial charge in [-0.3, -0.25) is 4.79 Å². The third kappa shape index (κ3) is 2.56. The molecule has 3 saturated carbocycles. The van der Waals surface area contributed by atoms with Gasteiger partial charge in [0.2, 0.25) is 0 Å². The Morgan fingerprint density at radius 2 is 1.78 bits per heavy atom. The molecule has 0 unspecified atom stereocenters. The first-order valence-corrected chi connectivity index (χ1v) is 13.2. The van der Waals surface area contributed by atoms with Gasteiger partial charge in [0.1, 0.15) is 17.8 Å². The first kappa shape index (κ1) is 24.4. The van der Waals surface area contributed by atoms with Crippen LogP contribution in [0.3, 0.4) is 0 Å². The standard InChI is InChI=1S/C28H38O8/c1-14(29)34-20-11-17-24(2,3)18(30)12-19(31)26(17,5)16-7-9-25(4)21(15-8-10-33-13-15)35-23(32)22-28(25,36-22)27(16,20)6/h8,10,13,16-22,30-31H,7,9,11-12H2,1-6H3/t16-,17+,18-,19+,20-,21+,22-,25-,26+,27-,28+/m1/s1. The normalized spacial score (nSPS) is 52.7. The van der Waals surface area contributed by atoms with Crippen LogP contribution in [0.1, 0.15) is 78.9 Å². The fourth-order valence-corrected chi connectivity index (χ4v) is 9.83. The molecule has 0 bridgehead atoms. The van der Waals surface area contributed by atoms with Crippen molar-refractivity contribution in [1.82, 2.24) is 0 Å². The number of aliphatic hydroxyl groups is 2. The predicted molar refractivity (Wildman–Crippen MR) is 126 cm³/mol. The van der Waals surface area contributed by atoms with Crippen molar-refractivity contribution in [2.45, 2.75) is 103 Å². The van der Waals surface area contributed by atoms with Crippen LogP contribution in [0.2, 0.25) is 0 Å². The SMILES string of the molecule is CC(=O)O[C@@H]1C[C@H]2C(C)(C)[C@H](O)C[C@H](O)[C@@]2(C)[C@H]2CC[C@]3(C)[C@H](c4ccoc4)OC(=O)[C@H]4O[C@@]43[C@]21C. The molecule has 5 aliphatic rings. The van der Waals surface area contributed by atoms with Crippen LogP contribution in [-0.4, -0.2) is 52.2 Å². The minimum absolute atomic E-state index is 0.0932. The smallest absolute Gasteiger partial charge is 0.339 e. The van der Waals surface area contributed by atoms with Crippen molar-refractivity contribution in [2.24, 2.45) is 33.5 Å². The highest BCUT2D eigenvalue weighted by atomic mass is 16.7. The Morgan fingerprint density at radius 1 is 1.06 bits per heavy atom. The summed E-state index contributed by atoms with van der Waals surface area (Å²) in [6, 6.07) is 1.82. The van der Waals surface area contributed by atoms with E-state index in [-0.39, 0.29) is 17.8 Å². The monoisotopic (exact) mass is 502 g/mol. The maximum Gasteiger partial charge on any atom is 0.339 e. The minimum Gasteiger partial charge on any atom is -0.472 e. The fraction of sp³-hybridized carbons (Fsp3) is 0.786. The molecule has 8 nitrogen and oxygen atoms in total. The summed E-state index contributed by atoms with van der Waals surface area (Å²) in [4.78, 5) is 25.7. The molecule has 198 valence electrons. The minimum atomic E-state index is -0.922. The number of hydrogen-bond donors (Lipinski definition) is 2. The van der Waals surface area contributed by atoms with Gasteiger partial charge >= 0.3 is 11.9 Å². The van der Waals surface area contributed by atoms with E-state index in [1.165, 1.54) is 6.92 Å². The van der Waals surface area contributed by atoms with E-state index < -0.39 is 63.8 Å². The van der Waals surface area contributed by atoms with Crippen molar-refractivity contribution in [1.29, 1.82) is 0 Å². The molecule has 2 saturated heterocycles. The van der Waals surface area contributed by atoms with E-state index in [0.29, 0.717) is 19.3 Å². The number of fused-ring (bicyclic) bond motifs is 3. The lowest BCUT2D eigenvalue weighted by molar-refractivity contribution is -0.295. The molecule has 2 N–H and O–H groups in total. The summed E-state index contributed by atoms with van der Waals surface area (Å²) in [7, 11) is 0. The van der Waals surface area contributed by atoms with E-state index in [0.717, 1.165) is 12.0 Å². The van der Waals surface area contributed by atoms with Crippen LogP contribution in [0.25, 0.3) is 0 Å². The molecule has 3 heterocycles. The molecule has 1 spiro atoms. The maximum atomic E-state index is 13.3. The number of carbonyl (C=O) groups excluding carboxylic acids is 2. The van der Waals surface area contributed by atoms with Gasteiger partial charge in [-0.2, -0.15) is 0 Å². The molecule has 8 heteroatoms. The lowest BCUT2D eigenvalue weighted by atomic mass is 9.34. The molecule has 5 fully saturated rings. The number of ether oxygens (including phenoxy) is 3. The van der Waals surface area contributed by atoms with Crippen LogP contribution in [0.4, 0.5) is 0 Å². The third-order valence-corrected chi connectivity index (χ3v) is 11.7. The Morgan fingerprint density at radius 3 is 2.42 bits per heavy atom. The molecule has 0 aromatic carbocycles. The number of hydrogen-bond acceptors (Lipinski definition) is 8. The number of furan rings is 1. The second kappa shape index (κ2) is 7.14. The number of carbonyl (C=O) groups is 2. The largest absolute Gasteiger partial charge is 0.472 e. The average molecular weight is 503 g/mol. The van der Waals surface area contributed by atoms with Crippen molar-refractivity contribution >= 4 is 11.9 Å². The van der Waals surface area contributed by atoms with Crippen molar-refractivity contribution in [3.05, 3.63) is 24.2 Å². The highest BCUT2D eigenvalue weighted by molar-refractivity contribution is 5.82. The molecule has 0 radical (unpaired) electrons. The lowest BCUT2D eigenvalue weighted by Gasteiger charge is -2.71. The van der Waals surface area contributed by atoms with Gasteiger partial charge in [-0.15, -0.1) is 0 Å². The summed E-state index contributed by atoms with van der Waals surface area (Å²) in [6.45, 7) is 11.9. The van der Waals surface area contributed by atoms with E-state index in [9.17, 15) is 19.8 Å². The molecule has 2 aliphatic heterocycles. The number of cyclic esters (lactones) is 1. The van der Waals surface area contributed by atoms with Crippen molar-refractivity contribution < 1.29 is 38.4 Å². The molecule has 1 aromatic rings.